The number of anilines is 1. The number of amides is 2. The van der Waals surface area contributed by atoms with Crippen LogP contribution in [0, 0.1) is 11.3 Å². The highest BCUT2D eigenvalue weighted by Crippen LogP contribution is 2.38. The number of pyridine rings is 1. The number of sulfonamides is 1. The molecule has 1 saturated carbocycles. The van der Waals surface area contributed by atoms with Gasteiger partial charge in [0.05, 0.1) is 4.90 Å². The molecule has 2 atom stereocenters. The van der Waals surface area contributed by atoms with Gasteiger partial charge in [-0.15, -0.1) is 0 Å². The maximum atomic E-state index is 12.8. The van der Waals surface area contributed by atoms with Gasteiger partial charge in [-0.2, -0.15) is 0 Å². The fourth-order valence-electron chi connectivity index (χ4n) is 3.95. The molecule has 0 saturated heterocycles. The summed E-state index contributed by atoms with van der Waals surface area (Å²) in [6.45, 7) is 7.00. The van der Waals surface area contributed by atoms with E-state index in [0.717, 1.165) is 31.2 Å². The Morgan fingerprint density at radius 1 is 1.13 bits per heavy atom. The van der Waals surface area contributed by atoms with Crippen molar-refractivity contribution < 1.29 is 13.2 Å². The third-order valence-corrected chi connectivity index (χ3v) is 7.36. The van der Waals surface area contributed by atoms with E-state index in [1.165, 1.54) is 12.1 Å². The molecule has 1 fully saturated rings. The molecule has 0 aliphatic heterocycles. The van der Waals surface area contributed by atoms with E-state index in [9.17, 15) is 13.2 Å². The highest BCUT2D eigenvalue weighted by molar-refractivity contribution is 7.89. The standard InChI is InChI=1S/C23H32N4O3S/c1-23(2,3)18-7-4-8-20(14-18)27-31(29,30)21-11-9-19(10-12-21)26-22(28)25-16-17-6-5-13-24-15-17/h5-6,9-13,15,18,20,27H,4,7-8,14,16H2,1-3H3,(H2,25,26,28). The van der Waals surface area contributed by atoms with Crippen molar-refractivity contribution >= 4 is 21.7 Å². The zero-order chi connectivity index (χ0) is 22.5. The number of rotatable bonds is 6. The van der Waals surface area contributed by atoms with Crippen LogP contribution < -0.4 is 15.4 Å². The fraction of sp³-hybridized carbons (Fsp3) is 0.478. The molecule has 1 aromatic heterocycles. The summed E-state index contributed by atoms with van der Waals surface area (Å²) in [6.07, 6.45) is 7.26. The second kappa shape index (κ2) is 9.78. The topological polar surface area (TPSA) is 100 Å². The highest BCUT2D eigenvalue weighted by Gasteiger charge is 2.32. The first-order valence-electron chi connectivity index (χ1n) is 10.7. The summed E-state index contributed by atoms with van der Waals surface area (Å²) in [7, 11) is -3.61. The van der Waals surface area contributed by atoms with Crippen LogP contribution in [0.25, 0.3) is 0 Å². The van der Waals surface area contributed by atoms with Crippen LogP contribution in [0.4, 0.5) is 10.5 Å². The van der Waals surface area contributed by atoms with Crippen LogP contribution in [0.5, 0.6) is 0 Å². The molecule has 31 heavy (non-hydrogen) atoms. The van der Waals surface area contributed by atoms with Crippen LogP contribution in [0.3, 0.4) is 0 Å². The number of benzene rings is 1. The van der Waals surface area contributed by atoms with Gasteiger partial charge in [0.2, 0.25) is 10.0 Å². The van der Waals surface area contributed by atoms with Crippen LogP contribution in [0.2, 0.25) is 0 Å². The zero-order valence-electron chi connectivity index (χ0n) is 18.4. The summed E-state index contributed by atoms with van der Waals surface area (Å²) in [5.41, 5.74) is 1.59. The quantitative estimate of drug-likeness (QED) is 0.619. The number of carbonyl (C=O) groups is 1. The Balaban J connectivity index is 1.55. The van der Waals surface area contributed by atoms with E-state index in [4.69, 9.17) is 0 Å². The summed E-state index contributed by atoms with van der Waals surface area (Å²) in [4.78, 5) is 16.3. The number of nitrogens with one attached hydrogen (secondary N) is 3. The Labute approximate surface area is 185 Å². The molecule has 0 bridgehead atoms. The minimum atomic E-state index is -3.61. The minimum absolute atomic E-state index is 0.0426. The summed E-state index contributed by atoms with van der Waals surface area (Å²) >= 11 is 0. The van der Waals surface area contributed by atoms with E-state index in [0.29, 0.717) is 18.2 Å². The van der Waals surface area contributed by atoms with E-state index in [2.05, 4.69) is 41.1 Å². The van der Waals surface area contributed by atoms with Crippen molar-refractivity contribution in [1.82, 2.24) is 15.0 Å². The van der Waals surface area contributed by atoms with Gasteiger partial charge < -0.3 is 10.6 Å². The molecule has 3 rings (SSSR count). The molecule has 168 valence electrons. The zero-order valence-corrected chi connectivity index (χ0v) is 19.2. The van der Waals surface area contributed by atoms with Gasteiger partial charge in [-0.3, -0.25) is 4.98 Å². The van der Waals surface area contributed by atoms with Gasteiger partial charge in [-0.05, 0) is 66.5 Å². The Bertz CT molecular complexity index is 970. The van der Waals surface area contributed by atoms with Crippen molar-refractivity contribution in [3.8, 4) is 0 Å². The molecule has 1 heterocycles. The van der Waals surface area contributed by atoms with Gasteiger partial charge in [0.1, 0.15) is 0 Å². The fourth-order valence-corrected chi connectivity index (χ4v) is 5.23. The van der Waals surface area contributed by atoms with Crippen molar-refractivity contribution in [2.75, 3.05) is 5.32 Å². The molecule has 8 heteroatoms. The largest absolute Gasteiger partial charge is 0.334 e. The predicted octanol–water partition coefficient (Wildman–Crippen LogP) is 4.29. The van der Waals surface area contributed by atoms with Gasteiger partial charge in [-0.1, -0.05) is 33.3 Å². The molecule has 2 aromatic rings. The van der Waals surface area contributed by atoms with Crippen molar-refractivity contribution in [3.63, 3.8) is 0 Å². The molecule has 7 nitrogen and oxygen atoms in total. The van der Waals surface area contributed by atoms with Crippen LogP contribution >= 0.6 is 0 Å². The third-order valence-electron chi connectivity index (χ3n) is 5.82. The number of aromatic nitrogens is 1. The third kappa shape index (κ3) is 6.77. The van der Waals surface area contributed by atoms with Crippen molar-refractivity contribution in [2.45, 2.75) is 63.9 Å². The lowest BCUT2D eigenvalue weighted by Crippen LogP contribution is -2.40. The van der Waals surface area contributed by atoms with E-state index in [1.54, 1.807) is 30.6 Å². The average molecular weight is 445 g/mol. The summed E-state index contributed by atoms with van der Waals surface area (Å²) in [5, 5.41) is 5.45. The summed E-state index contributed by atoms with van der Waals surface area (Å²) in [5.74, 6) is 0.505. The number of hydrogen-bond acceptors (Lipinski definition) is 4. The predicted molar refractivity (Wildman–Crippen MR) is 122 cm³/mol. The Hall–Kier alpha value is -2.45. The van der Waals surface area contributed by atoms with Gasteiger partial charge >= 0.3 is 6.03 Å². The number of carbonyl (C=O) groups excluding carboxylic acids is 1. The Morgan fingerprint density at radius 2 is 1.87 bits per heavy atom. The summed E-state index contributed by atoms with van der Waals surface area (Å²) < 4.78 is 28.5. The average Bonchev–Trinajstić information content (AvgIpc) is 2.73. The van der Waals surface area contributed by atoms with Gasteiger partial charge in [0, 0.05) is 30.7 Å². The van der Waals surface area contributed by atoms with Crippen molar-refractivity contribution in [2.24, 2.45) is 11.3 Å². The van der Waals surface area contributed by atoms with Crippen LogP contribution in [0.15, 0.2) is 53.7 Å². The Morgan fingerprint density at radius 3 is 2.52 bits per heavy atom. The number of hydrogen-bond donors (Lipinski definition) is 3. The monoisotopic (exact) mass is 444 g/mol. The first-order valence-corrected chi connectivity index (χ1v) is 12.2. The van der Waals surface area contributed by atoms with Crippen LogP contribution in [0.1, 0.15) is 52.0 Å². The lowest BCUT2D eigenvalue weighted by atomic mass is 9.71. The lowest BCUT2D eigenvalue weighted by Gasteiger charge is -2.37. The van der Waals surface area contributed by atoms with Gasteiger partial charge in [0.15, 0.2) is 0 Å². The SMILES string of the molecule is CC(C)(C)C1CCCC(NS(=O)(=O)c2ccc(NC(=O)NCc3cccnc3)cc2)C1. The maximum absolute atomic E-state index is 12.8. The first-order chi connectivity index (χ1) is 14.6. The summed E-state index contributed by atoms with van der Waals surface area (Å²) in [6, 6.07) is 9.49. The van der Waals surface area contributed by atoms with Crippen molar-refractivity contribution in [1.29, 1.82) is 0 Å². The molecule has 1 aliphatic carbocycles. The second-order valence-electron chi connectivity index (χ2n) is 9.24. The number of urea groups is 1. The van der Waals surface area contributed by atoms with Crippen LogP contribution in [-0.2, 0) is 16.6 Å². The minimum Gasteiger partial charge on any atom is -0.334 e. The molecule has 1 aromatic carbocycles. The van der Waals surface area contributed by atoms with Crippen LogP contribution in [-0.4, -0.2) is 25.5 Å². The molecule has 2 amide bonds. The van der Waals surface area contributed by atoms with E-state index in [-0.39, 0.29) is 22.4 Å². The lowest BCUT2D eigenvalue weighted by molar-refractivity contribution is 0.162. The van der Waals surface area contributed by atoms with Crippen molar-refractivity contribution in [3.05, 3.63) is 54.4 Å². The first kappa shape index (κ1) is 23.2. The Kier molecular flexibility index (Phi) is 7.33. The van der Waals surface area contributed by atoms with Gasteiger partial charge in [0.25, 0.3) is 0 Å². The molecule has 0 radical (unpaired) electrons. The van der Waals surface area contributed by atoms with Gasteiger partial charge in [-0.25, -0.2) is 17.9 Å². The molecular formula is C23H32N4O3S. The highest BCUT2D eigenvalue weighted by atomic mass is 32.2. The normalized spacial score (nSPS) is 19.6. The van der Waals surface area contributed by atoms with E-state index in [1.807, 2.05) is 6.07 Å². The maximum Gasteiger partial charge on any atom is 0.319 e. The van der Waals surface area contributed by atoms with E-state index >= 15 is 0 Å². The second-order valence-corrected chi connectivity index (χ2v) is 11.0. The smallest absolute Gasteiger partial charge is 0.319 e. The molecular weight excluding hydrogens is 412 g/mol. The molecule has 2 unspecified atom stereocenters. The molecule has 1 aliphatic rings. The van der Waals surface area contributed by atoms with E-state index < -0.39 is 10.0 Å². The molecule has 3 N–H and O–H groups in total. The number of nitrogens with zero attached hydrogens (tertiary/aromatic N) is 1. The molecule has 0 spiro atoms.